The maximum Gasteiger partial charge on any atom is 0.233 e. The molecule has 0 aliphatic carbocycles. The molecule has 28 heavy (non-hydrogen) atoms. The van der Waals surface area contributed by atoms with Crippen LogP contribution in [0.1, 0.15) is 32.3 Å². The van der Waals surface area contributed by atoms with E-state index < -0.39 is 0 Å². The molecule has 1 aromatic rings. The summed E-state index contributed by atoms with van der Waals surface area (Å²) in [5, 5.41) is 9.36. The maximum atomic E-state index is 14.0. The Bertz CT molecular complexity index is 660. The van der Waals surface area contributed by atoms with Gasteiger partial charge in [0.2, 0.25) is 5.91 Å². The number of benzene rings is 1. The number of hydrogen-bond donors (Lipinski definition) is 3. The zero-order valence-corrected chi connectivity index (χ0v) is 17.1. The first kappa shape index (κ1) is 21.9. The lowest BCUT2D eigenvalue weighted by molar-refractivity contribution is -0.122. The van der Waals surface area contributed by atoms with Crippen molar-refractivity contribution in [3.05, 3.63) is 29.6 Å². The van der Waals surface area contributed by atoms with Crippen molar-refractivity contribution in [3.63, 3.8) is 0 Å². The van der Waals surface area contributed by atoms with Crippen LogP contribution in [-0.4, -0.2) is 62.6 Å². The van der Waals surface area contributed by atoms with E-state index in [0.717, 1.165) is 44.0 Å². The number of likely N-dealkylation sites (N-methyl/N-ethyl adjacent to an activating group) is 1. The van der Waals surface area contributed by atoms with Gasteiger partial charge in [-0.2, -0.15) is 0 Å². The highest BCUT2D eigenvalue weighted by atomic mass is 19.1. The van der Waals surface area contributed by atoms with Crippen LogP contribution in [0.3, 0.4) is 0 Å². The van der Waals surface area contributed by atoms with Crippen molar-refractivity contribution in [1.82, 2.24) is 20.9 Å². The molecule has 2 rings (SSSR count). The summed E-state index contributed by atoms with van der Waals surface area (Å²) in [5.41, 5.74) is 0.790. The molecule has 1 amide bonds. The second-order valence-corrected chi connectivity index (χ2v) is 6.76. The number of rotatable bonds is 8. The largest absolute Gasteiger partial charge is 0.491 e. The SMILES string of the molecule is CCNC(=NCc1ccc(OCC)c(F)c1)NC1CCN(CC(=O)NC)CC1. The third kappa shape index (κ3) is 6.99. The summed E-state index contributed by atoms with van der Waals surface area (Å²) in [7, 11) is 1.66. The molecule has 0 spiro atoms. The third-order valence-electron chi connectivity index (χ3n) is 4.63. The first-order chi connectivity index (χ1) is 13.5. The Morgan fingerprint density at radius 1 is 1.32 bits per heavy atom. The molecule has 0 aromatic heterocycles. The van der Waals surface area contributed by atoms with Crippen molar-refractivity contribution in [2.75, 3.05) is 39.8 Å². The number of nitrogens with zero attached hydrogens (tertiary/aromatic N) is 2. The Morgan fingerprint density at radius 3 is 2.68 bits per heavy atom. The second-order valence-electron chi connectivity index (χ2n) is 6.76. The van der Waals surface area contributed by atoms with Gasteiger partial charge < -0.3 is 20.7 Å². The average Bonchev–Trinajstić information content (AvgIpc) is 2.69. The minimum atomic E-state index is -0.365. The lowest BCUT2D eigenvalue weighted by Crippen LogP contribution is -2.50. The molecular formula is C20H32FN5O2. The number of ether oxygens (including phenoxy) is 1. The number of amides is 1. The third-order valence-corrected chi connectivity index (χ3v) is 4.63. The molecular weight excluding hydrogens is 361 g/mol. The summed E-state index contributed by atoms with van der Waals surface area (Å²) < 4.78 is 19.2. The summed E-state index contributed by atoms with van der Waals surface area (Å²) >= 11 is 0. The summed E-state index contributed by atoms with van der Waals surface area (Å²) in [6.07, 6.45) is 1.89. The molecule has 1 aromatic carbocycles. The van der Waals surface area contributed by atoms with E-state index in [0.29, 0.717) is 25.7 Å². The summed E-state index contributed by atoms with van der Waals surface area (Å²) in [6, 6.07) is 5.25. The number of aliphatic imine (C=N–C) groups is 1. The standard InChI is InChI=1S/C20H32FN5O2/c1-4-23-20(24-13-15-6-7-18(28-5-2)17(21)12-15)25-16-8-10-26(11-9-16)14-19(27)22-3/h6-7,12,16H,4-5,8-11,13-14H2,1-3H3,(H,22,27)(H2,23,24,25). The van der Waals surface area contributed by atoms with Gasteiger partial charge in [0.15, 0.2) is 17.5 Å². The van der Waals surface area contributed by atoms with Crippen LogP contribution in [0.25, 0.3) is 0 Å². The number of carbonyl (C=O) groups is 1. The number of nitrogens with one attached hydrogen (secondary N) is 3. The van der Waals surface area contributed by atoms with Crippen molar-refractivity contribution in [1.29, 1.82) is 0 Å². The molecule has 0 saturated carbocycles. The van der Waals surface area contributed by atoms with Gasteiger partial charge >= 0.3 is 0 Å². The number of likely N-dealkylation sites (tertiary alicyclic amines) is 1. The minimum absolute atomic E-state index is 0.0453. The summed E-state index contributed by atoms with van der Waals surface area (Å²) in [6.45, 7) is 7.59. The van der Waals surface area contributed by atoms with E-state index >= 15 is 0 Å². The number of halogens is 1. The van der Waals surface area contributed by atoms with E-state index in [2.05, 4.69) is 25.8 Å². The van der Waals surface area contributed by atoms with Crippen molar-refractivity contribution < 1.29 is 13.9 Å². The zero-order chi connectivity index (χ0) is 20.4. The molecule has 0 atom stereocenters. The van der Waals surface area contributed by atoms with Crippen LogP contribution in [0.4, 0.5) is 4.39 Å². The quantitative estimate of drug-likeness (QED) is 0.461. The van der Waals surface area contributed by atoms with Gasteiger partial charge in [0.25, 0.3) is 0 Å². The van der Waals surface area contributed by atoms with E-state index in [-0.39, 0.29) is 17.5 Å². The lowest BCUT2D eigenvalue weighted by atomic mass is 10.1. The molecule has 0 radical (unpaired) electrons. The Labute approximate surface area is 166 Å². The van der Waals surface area contributed by atoms with E-state index in [1.54, 1.807) is 13.1 Å². The highest BCUT2D eigenvalue weighted by Gasteiger charge is 2.21. The second kappa shape index (κ2) is 11.5. The van der Waals surface area contributed by atoms with Crippen LogP contribution >= 0.6 is 0 Å². The van der Waals surface area contributed by atoms with Crippen LogP contribution in [0.15, 0.2) is 23.2 Å². The number of carbonyl (C=O) groups excluding carboxylic acids is 1. The molecule has 1 saturated heterocycles. The van der Waals surface area contributed by atoms with E-state index in [4.69, 9.17) is 4.74 Å². The van der Waals surface area contributed by atoms with E-state index in [1.165, 1.54) is 6.07 Å². The topological polar surface area (TPSA) is 78.0 Å². The Balaban J connectivity index is 1.89. The fourth-order valence-corrected chi connectivity index (χ4v) is 3.12. The molecule has 1 aliphatic rings. The predicted molar refractivity (Wildman–Crippen MR) is 109 cm³/mol. The smallest absolute Gasteiger partial charge is 0.233 e. The van der Waals surface area contributed by atoms with Gasteiger partial charge in [-0.1, -0.05) is 6.07 Å². The molecule has 1 fully saturated rings. The van der Waals surface area contributed by atoms with Gasteiger partial charge in [0, 0.05) is 32.7 Å². The summed E-state index contributed by atoms with van der Waals surface area (Å²) in [5.74, 6) is 0.671. The average molecular weight is 394 g/mol. The van der Waals surface area contributed by atoms with E-state index in [1.807, 2.05) is 19.9 Å². The van der Waals surface area contributed by atoms with Crippen LogP contribution in [0.2, 0.25) is 0 Å². The molecule has 156 valence electrons. The van der Waals surface area contributed by atoms with Crippen LogP contribution in [0, 0.1) is 5.82 Å². The summed E-state index contributed by atoms with van der Waals surface area (Å²) in [4.78, 5) is 18.2. The first-order valence-corrected chi connectivity index (χ1v) is 9.94. The number of guanidine groups is 1. The van der Waals surface area contributed by atoms with Crippen molar-refractivity contribution >= 4 is 11.9 Å². The lowest BCUT2D eigenvalue weighted by Gasteiger charge is -2.32. The molecule has 1 heterocycles. The highest BCUT2D eigenvalue weighted by Crippen LogP contribution is 2.18. The molecule has 3 N–H and O–H groups in total. The Hall–Kier alpha value is -2.35. The van der Waals surface area contributed by atoms with Gasteiger partial charge in [-0.3, -0.25) is 9.69 Å². The number of piperidine rings is 1. The molecule has 8 heteroatoms. The zero-order valence-electron chi connectivity index (χ0n) is 17.1. The maximum absolute atomic E-state index is 14.0. The fraction of sp³-hybridized carbons (Fsp3) is 0.600. The highest BCUT2D eigenvalue weighted by molar-refractivity contribution is 5.80. The van der Waals surface area contributed by atoms with Gasteiger partial charge in [-0.15, -0.1) is 0 Å². The molecule has 0 bridgehead atoms. The van der Waals surface area contributed by atoms with Gasteiger partial charge in [-0.05, 0) is 44.4 Å². The van der Waals surface area contributed by atoms with Crippen molar-refractivity contribution in [3.8, 4) is 5.75 Å². The predicted octanol–water partition coefficient (Wildman–Crippen LogP) is 1.49. The normalized spacial score (nSPS) is 15.9. The first-order valence-electron chi connectivity index (χ1n) is 9.94. The van der Waals surface area contributed by atoms with Gasteiger partial charge in [-0.25, -0.2) is 9.38 Å². The number of hydrogen-bond acceptors (Lipinski definition) is 4. The molecule has 0 unspecified atom stereocenters. The van der Waals surface area contributed by atoms with Crippen LogP contribution in [0.5, 0.6) is 5.75 Å². The molecule has 7 nitrogen and oxygen atoms in total. The van der Waals surface area contributed by atoms with Gasteiger partial charge in [0.1, 0.15) is 0 Å². The van der Waals surface area contributed by atoms with E-state index in [9.17, 15) is 9.18 Å². The fourth-order valence-electron chi connectivity index (χ4n) is 3.12. The Morgan fingerprint density at radius 2 is 2.07 bits per heavy atom. The monoisotopic (exact) mass is 393 g/mol. The van der Waals surface area contributed by atoms with Crippen molar-refractivity contribution in [2.45, 2.75) is 39.3 Å². The van der Waals surface area contributed by atoms with Crippen LogP contribution < -0.4 is 20.7 Å². The van der Waals surface area contributed by atoms with Crippen LogP contribution in [-0.2, 0) is 11.3 Å². The van der Waals surface area contributed by atoms with Gasteiger partial charge in [0.05, 0.1) is 19.7 Å². The minimum Gasteiger partial charge on any atom is -0.491 e. The molecule has 1 aliphatic heterocycles. The van der Waals surface area contributed by atoms with Crippen molar-refractivity contribution in [2.24, 2.45) is 4.99 Å². The Kier molecular flexibility index (Phi) is 9.00.